The molecule has 5 rings (SSSR count). The van der Waals surface area contributed by atoms with Crippen LogP contribution in [0.15, 0.2) is 60.7 Å². The van der Waals surface area contributed by atoms with Gasteiger partial charge in [-0.15, -0.1) is 0 Å². The first-order valence-electron chi connectivity index (χ1n) is 9.93. The third-order valence-electron chi connectivity index (χ3n) is 6.46. The van der Waals surface area contributed by atoms with Crippen LogP contribution in [0.2, 0.25) is 0 Å². The lowest BCUT2D eigenvalue weighted by Crippen LogP contribution is -2.41. The Morgan fingerprint density at radius 2 is 1.34 bits per heavy atom. The fraction of sp³-hybridized carbons (Fsp3) is 0.240. The molecule has 29 heavy (non-hydrogen) atoms. The van der Waals surface area contributed by atoms with Crippen LogP contribution in [-0.2, 0) is 9.31 Å². The van der Waals surface area contributed by atoms with E-state index in [0.29, 0.717) is 5.56 Å². The van der Waals surface area contributed by atoms with E-state index in [1.54, 1.807) is 0 Å². The lowest BCUT2D eigenvalue weighted by molar-refractivity contribution is 0.00578. The first-order chi connectivity index (χ1) is 13.8. The molecule has 1 aliphatic heterocycles. The predicted octanol–water partition coefficient (Wildman–Crippen LogP) is 5.32. The number of hydrogen-bond donors (Lipinski definition) is 0. The van der Waals surface area contributed by atoms with Gasteiger partial charge in [-0.05, 0) is 90.4 Å². The van der Waals surface area contributed by atoms with Crippen LogP contribution in [-0.4, -0.2) is 18.3 Å². The largest absolute Gasteiger partial charge is 0.494 e. The van der Waals surface area contributed by atoms with E-state index < -0.39 is 0 Å². The number of nitrogens with zero attached hydrogens (tertiary/aromatic N) is 1. The molecule has 4 aromatic rings. The number of hydrogen-bond acceptors (Lipinski definition) is 3. The van der Waals surface area contributed by atoms with Crippen molar-refractivity contribution in [1.82, 2.24) is 0 Å². The van der Waals surface area contributed by atoms with Crippen LogP contribution in [0, 0.1) is 11.3 Å². The molecule has 0 radical (unpaired) electrons. The maximum atomic E-state index is 9.41. The molecule has 0 unspecified atom stereocenters. The van der Waals surface area contributed by atoms with Crippen molar-refractivity contribution in [2.75, 3.05) is 0 Å². The van der Waals surface area contributed by atoms with Crippen LogP contribution in [0.3, 0.4) is 0 Å². The third kappa shape index (κ3) is 2.81. The van der Waals surface area contributed by atoms with E-state index in [1.807, 2.05) is 12.1 Å². The Labute approximate surface area is 171 Å². The molecular weight excluding hydrogens is 357 g/mol. The van der Waals surface area contributed by atoms with Crippen molar-refractivity contribution in [2.24, 2.45) is 0 Å². The molecule has 3 nitrogen and oxygen atoms in total. The first kappa shape index (κ1) is 18.2. The number of rotatable bonds is 1. The summed E-state index contributed by atoms with van der Waals surface area (Å²) in [5, 5.41) is 16.1. The Kier molecular flexibility index (Phi) is 3.80. The quantitative estimate of drug-likeness (QED) is 0.332. The van der Waals surface area contributed by atoms with Gasteiger partial charge in [0.05, 0.1) is 22.8 Å². The lowest BCUT2D eigenvalue weighted by atomic mass is 9.78. The summed E-state index contributed by atoms with van der Waals surface area (Å²) in [5.41, 5.74) is 1.03. The van der Waals surface area contributed by atoms with Crippen LogP contribution in [0.4, 0.5) is 0 Å². The molecule has 0 aliphatic carbocycles. The second kappa shape index (κ2) is 6.06. The second-order valence-electron chi connectivity index (χ2n) is 8.88. The van der Waals surface area contributed by atoms with E-state index in [4.69, 9.17) is 9.31 Å². The predicted molar refractivity (Wildman–Crippen MR) is 119 cm³/mol. The summed E-state index contributed by atoms with van der Waals surface area (Å²) >= 11 is 0. The van der Waals surface area contributed by atoms with Crippen molar-refractivity contribution >= 4 is 44.9 Å². The minimum atomic E-state index is -0.366. The average Bonchev–Trinajstić information content (AvgIpc) is 2.91. The topological polar surface area (TPSA) is 42.2 Å². The maximum absolute atomic E-state index is 9.41. The van der Waals surface area contributed by atoms with Gasteiger partial charge in [0.1, 0.15) is 0 Å². The SMILES string of the molecule is CC1(C)OB(c2ccc3cc4cc5c(C#N)cccc5cc4cc3c2)OC1(C)C. The smallest absolute Gasteiger partial charge is 0.399 e. The molecule has 142 valence electrons. The molecule has 1 fully saturated rings. The molecule has 1 heterocycles. The lowest BCUT2D eigenvalue weighted by Gasteiger charge is -2.32. The van der Waals surface area contributed by atoms with E-state index in [9.17, 15) is 5.26 Å². The van der Waals surface area contributed by atoms with Gasteiger partial charge in [-0.2, -0.15) is 5.26 Å². The minimum Gasteiger partial charge on any atom is -0.399 e. The molecule has 0 spiro atoms. The van der Waals surface area contributed by atoms with Crippen LogP contribution < -0.4 is 5.46 Å². The van der Waals surface area contributed by atoms with Crippen LogP contribution in [0.25, 0.3) is 32.3 Å². The monoisotopic (exact) mass is 379 g/mol. The molecular formula is C25H22BNO2. The molecule has 4 heteroatoms. The van der Waals surface area contributed by atoms with Gasteiger partial charge in [-0.25, -0.2) is 0 Å². The standard InChI is InChI=1S/C25H22BNO2/c1-24(2)25(3,4)29-26(28-24)22-9-8-16-10-21-14-23-17(6-5-7-18(23)15-27)11-19(21)12-20(16)13-22/h5-14H,1-4H3. The van der Waals surface area contributed by atoms with Gasteiger partial charge in [0.25, 0.3) is 0 Å². The van der Waals surface area contributed by atoms with E-state index in [0.717, 1.165) is 37.8 Å². The van der Waals surface area contributed by atoms with Gasteiger partial charge in [0.15, 0.2) is 0 Å². The highest BCUT2D eigenvalue weighted by molar-refractivity contribution is 6.62. The summed E-state index contributed by atoms with van der Waals surface area (Å²) in [6.07, 6.45) is 0. The third-order valence-corrected chi connectivity index (χ3v) is 6.46. The van der Waals surface area contributed by atoms with Gasteiger partial charge >= 0.3 is 7.12 Å². The van der Waals surface area contributed by atoms with Crippen LogP contribution >= 0.6 is 0 Å². The average molecular weight is 379 g/mol. The Hall–Kier alpha value is -2.87. The Bertz CT molecular complexity index is 1320. The van der Waals surface area contributed by atoms with Gasteiger partial charge in [0, 0.05) is 5.39 Å². The molecule has 1 aliphatic rings. The fourth-order valence-electron chi connectivity index (χ4n) is 4.02. The zero-order valence-electron chi connectivity index (χ0n) is 17.1. The molecule has 0 atom stereocenters. The first-order valence-corrected chi connectivity index (χ1v) is 9.93. The van der Waals surface area contributed by atoms with E-state index >= 15 is 0 Å². The van der Waals surface area contributed by atoms with Crippen molar-refractivity contribution < 1.29 is 9.31 Å². The van der Waals surface area contributed by atoms with Gasteiger partial charge < -0.3 is 9.31 Å². The van der Waals surface area contributed by atoms with Crippen LogP contribution in [0.5, 0.6) is 0 Å². The molecule has 0 N–H and O–H groups in total. The zero-order chi connectivity index (χ0) is 20.4. The fourth-order valence-corrected chi connectivity index (χ4v) is 4.02. The van der Waals surface area contributed by atoms with Crippen molar-refractivity contribution in [3.05, 3.63) is 66.2 Å². The highest BCUT2D eigenvalue weighted by Gasteiger charge is 2.51. The van der Waals surface area contributed by atoms with E-state index in [2.05, 4.69) is 82.3 Å². The maximum Gasteiger partial charge on any atom is 0.494 e. The summed E-state index contributed by atoms with van der Waals surface area (Å²) in [6, 6.07) is 23.2. The molecule has 1 saturated heterocycles. The summed E-state index contributed by atoms with van der Waals surface area (Å²) in [6.45, 7) is 8.29. The minimum absolute atomic E-state index is 0.354. The van der Waals surface area contributed by atoms with Crippen molar-refractivity contribution in [2.45, 2.75) is 38.9 Å². The van der Waals surface area contributed by atoms with E-state index in [1.165, 1.54) is 0 Å². The summed E-state index contributed by atoms with van der Waals surface area (Å²) < 4.78 is 12.4. The Morgan fingerprint density at radius 1 is 0.724 bits per heavy atom. The van der Waals surface area contributed by atoms with Gasteiger partial charge in [0.2, 0.25) is 0 Å². The summed E-state index contributed by atoms with van der Waals surface area (Å²) in [5.74, 6) is 0. The highest BCUT2D eigenvalue weighted by Crippen LogP contribution is 2.37. The Morgan fingerprint density at radius 3 is 2.07 bits per heavy atom. The second-order valence-corrected chi connectivity index (χ2v) is 8.88. The summed E-state index contributed by atoms with van der Waals surface area (Å²) in [4.78, 5) is 0. The van der Waals surface area contributed by atoms with Gasteiger partial charge in [-0.3, -0.25) is 0 Å². The Balaban J connectivity index is 1.64. The van der Waals surface area contributed by atoms with E-state index in [-0.39, 0.29) is 18.3 Å². The normalized spacial score (nSPS) is 17.8. The van der Waals surface area contributed by atoms with Crippen LogP contribution in [0.1, 0.15) is 33.3 Å². The molecule has 0 aromatic heterocycles. The summed E-state index contributed by atoms with van der Waals surface area (Å²) in [7, 11) is -0.366. The molecule has 0 amide bonds. The van der Waals surface area contributed by atoms with Crippen molar-refractivity contribution in [3.63, 3.8) is 0 Å². The van der Waals surface area contributed by atoms with Gasteiger partial charge in [-0.1, -0.05) is 30.3 Å². The van der Waals surface area contributed by atoms with Crippen molar-refractivity contribution in [3.8, 4) is 6.07 Å². The number of nitriles is 1. The highest BCUT2D eigenvalue weighted by atomic mass is 16.7. The number of fused-ring (bicyclic) bond motifs is 3. The van der Waals surface area contributed by atoms with Crippen molar-refractivity contribution in [1.29, 1.82) is 5.26 Å². The molecule has 4 aromatic carbocycles. The molecule has 0 saturated carbocycles. The zero-order valence-corrected chi connectivity index (χ0v) is 17.1. The number of benzene rings is 4. The molecule has 0 bridgehead atoms.